The predicted octanol–water partition coefficient (Wildman–Crippen LogP) is 1.48. The van der Waals surface area contributed by atoms with Crippen molar-refractivity contribution in [3.63, 3.8) is 0 Å². The fourth-order valence-corrected chi connectivity index (χ4v) is 4.03. The van der Waals surface area contributed by atoms with Crippen molar-refractivity contribution >= 4 is 27.4 Å². The van der Waals surface area contributed by atoms with Crippen LogP contribution < -0.4 is 19.3 Å². The predicted molar refractivity (Wildman–Crippen MR) is 104 cm³/mol. The molecule has 1 aliphatic heterocycles. The van der Waals surface area contributed by atoms with Crippen LogP contribution in [0.3, 0.4) is 0 Å². The number of aromatic nitrogens is 2. The number of benzene rings is 1. The normalized spacial score (nSPS) is 15.3. The third-order valence-corrected chi connectivity index (χ3v) is 5.62. The summed E-state index contributed by atoms with van der Waals surface area (Å²) in [4.78, 5) is 13.9. The summed E-state index contributed by atoms with van der Waals surface area (Å²) in [6, 6.07) is 9.87. The molecule has 0 bridgehead atoms. The van der Waals surface area contributed by atoms with Crippen molar-refractivity contribution in [1.82, 2.24) is 9.97 Å². The number of nitrogens with one attached hydrogen (secondary N) is 1. The van der Waals surface area contributed by atoms with Gasteiger partial charge in [-0.1, -0.05) is 0 Å². The second-order valence-corrected chi connectivity index (χ2v) is 7.24. The number of hydrogen-bond donors (Lipinski definition) is 1. The molecule has 0 saturated carbocycles. The zero-order valence-electron chi connectivity index (χ0n) is 14.9. The van der Waals surface area contributed by atoms with Crippen molar-refractivity contribution in [1.29, 1.82) is 0 Å². The van der Waals surface area contributed by atoms with Crippen LogP contribution in [0.15, 0.2) is 42.0 Å². The fourth-order valence-electron chi connectivity index (χ4n) is 3.30. The van der Waals surface area contributed by atoms with Gasteiger partial charge in [0.2, 0.25) is 0 Å². The van der Waals surface area contributed by atoms with Crippen LogP contribution in [0.25, 0.3) is 10.2 Å². The lowest BCUT2D eigenvalue weighted by molar-refractivity contribution is -0.900. The van der Waals surface area contributed by atoms with Crippen LogP contribution in [0.5, 0.6) is 11.5 Å². The largest absolute Gasteiger partial charge is 0.497 e. The van der Waals surface area contributed by atoms with Crippen LogP contribution in [-0.4, -0.2) is 56.4 Å². The van der Waals surface area contributed by atoms with Crippen molar-refractivity contribution in [2.75, 3.05) is 51.3 Å². The molecule has 7 heteroatoms. The van der Waals surface area contributed by atoms with Gasteiger partial charge in [0.05, 0.1) is 38.7 Å². The Morgan fingerprint density at radius 1 is 1.08 bits per heavy atom. The highest BCUT2D eigenvalue weighted by atomic mass is 32.1. The number of piperazine rings is 1. The number of rotatable bonds is 6. The Morgan fingerprint density at radius 3 is 2.62 bits per heavy atom. The third-order valence-electron chi connectivity index (χ3n) is 4.79. The smallest absolute Gasteiger partial charge is 0.141 e. The minimum Gasteiger partial charge on any atom is -0.497 e. The van der Waals surface area contributed by atoms with Crippen LogP contribution >= 0.6 is 11.3 Å². The fraction of sp³-hybridized carbons (Fsp3) is 0.368. The van der Waals surface area contributed by atoms with Gasteiger partial charge in [0.25, 0.3) is 0 Å². The van der Waals surface area contributed by atoms with Crippen LogP contribution in [0.1, 0.15) is 0 Å². The van der Waals surface area contributed by atoms with Crippen LogP contribution in [0.2, 0.25) is 0 Å². The van der Waals surface area contributed by atoms with Crippen LogP contribution in [-0.2, 0) is 0 Å². The SMILES string of the molecule is COc1ccc(OCC[NH+]2CCN(c3ncnc4sccc34)CC2)cc1. The van der Waals surface area contributed by atoms with Gasteiger partial charge in [0.15, 0.2) is 0 Å². The molecule has 0 spiro atoms. The van der Waals surface area contributed by atoms with E-state index in [1.165, 1.54) is 5.39 Å². The van der Waals surface area contributed by atoms with Gasteiger partial charge in [-0.2, -0.15) is 0 Å². The molecule has 0 atom stereocenters. The van der Waals surface area contributed by atoms with E-state index < -0.39 is 0 Å². The molecule has 0 aliphatic carbocycles. The van der Waals surface area contributed by atoms with E-state index >= 15 is 0 Å². The van der Waals surface area contributed by atoms with Crippen molar-refractivity contribution in [2.45, 2.75) is 0 Å². The number of quaternary nitrogens is 1. The molecule has 1 aromatic carbocycles. The highest BCUT2D eigenvalue weighted by molar-refractivity contribution is 7.16. The maximum Gasteiger partial charge on any atom is 0.141 e. The Labute approximate surface area is 157 Å². The number of fused-ring (bicyclic) bond motifs is 1. The molecule has 3 heterocycles. The number of thiophene rings is 1. The number of anilines is 1. The van der Waals surface area contributed by atoms with E-state index in [9.17, 15) is 0 Å². The van der Waals surface area contributed by atoms with Crippen molar-refractivity contribution in [2.24, 2.45) is 0 Å². The van der Waals surface area contributed by atoms with E-state index in [4.69, 9.17) is 9.47 Å². The highest BCUT2D eigenvalue weighted by Crippen LogP contribution is 2.26. The van der Waals surface area contributed by atoms with Crippen molar-refractivity contribution in [3.8, 4) is 11.5 Å². The molecule has 1 N–H and O–H groups in total. The summed E-state index contributed by atoms with van der Waals surface area (Å²) in [6.07, 6.45) is 1.68. The number of methoxy groups -OCH3 is 1. The molecule has 0 amide bonds. The molecular weight excluding hydrogens is 348 g/mol. The van der Waals surface area contributed by atoms with Gasteiger partial charge in [0.1, 0.15) is 41.6 Å². The second kappa shape index (κ2) is 7.88. The van der Waals surface area contributed by atoms with Crippen LogP contribution in [0, 0.1) is 0 Å². The average Bonchev–Trinajstić information content (AvgIpc) is 3.18. The highest BCUT2D eigenvalue weighted by Gasteiger charge is 2.22. The first kappa shape index (κ1) is 17.1. The Morgan fingerprint density at radius 2 is 1.85 bits per heavy atom. The van der Waals surface area contributed by atoms with E-state index in [1.54, 1.807) is 29.7 Å². The van der Waals surface area contributed by atoms with E-state index in [0.29, 0.717) is 0 Å². The zero-order chi connectivity index (χ0) is 17.8. The molecule has 1 fully saturated rings. The van der Waals surface area contributed by atoms with E-state index in [2.05, 4.69) is 26.3 Å². The standard InChI is InChI=1S/C19H22N4O2S/c1-24-15-2-4-16(5-3-15)25-12-11-22-7-9-23(10-8-22)18-17-6-13-26-19(17)21-14-20-18/h2-6,13-14H,7-12H2,1H3/p+1. The lowest BCUT2D eigenvalue weighted by Gasteiger charge is -2.33. The lowest BCUT2D eigenvalue weighted by Crippen LogP contribution is -3.15. The maximum atomic E-state index is 5.86. The maximum absolute atomic E-state index is 5.86. The van der Waals surface area contributed by atoms with Gasteiger partial charge in [0, 0.05) is 0 Å². The Kier molecular flexibility index (Phi) is 5.17. The molecule has 3 aromatic rings. The second-order valence-electron chi connectivity index (χ2n) is 6.35. The molecule has 4 rings (SSSR count). The summed E-state index contributed by atoms with van der Waals surface area (Å²) in [6.45, 7) is 5.96. The van der Waals surface area contributed by atoms with Gasteiger partial charge in [-0.25, -0.2) is 9.97 Å². The van der Waals surface area contributed by atoms with E-state index in [0.717, 1.165) is 61.5 Å². The molecule has 1 aliphatic rings. The summed E-state index contributed by atoms with van der Waals surface area (Å²) < 4.78 is 11.0. The summed E-state index contributed by atoms with van der Waals surface area (Å²) in [5.74, 6) is 2.82. The monoisotopic (exact) mass is 371 g/mol. The van der Waals surface area contributed by atoms with E-state index in [-0.39, 0.29) is 0 Å². The summed E-state index contributed by atoms with van der Waals surface area (Å²) >= 11 is 1.67. The molecule has 26 heavy (non-hydrogen) atoms. The number of hydrogen-bond acceptors (Lipinski definition) is 6. The van der Waals surface area contributed by atoms with Gasteiger partial charge in [-0.15, -0.1) is 11.3 Å². The van der Waals surface area contributed by atoms with E-state index in [1.807, 2.05) is 24.3 Å². The Hall–Kier alpha value is -2.38. The van der Waals surface area contributed by atoms with Gasteiger partial charge < -0.3 is 19.3 Å². The molecule has 6 nitrogen and oxygen atoms in total. The quantitative estimate of drug-likeness (QED) is 0.711. The molecule has 2 aromatic heterocycles. The number of nitrogens with zero attached hydrogens (tertiary/aromatic N) is 3. The van der Waals surface area contributed by atoms with Crippen molar-refractivity contribution < 1.29 is 14.4 Å². The Balaban J connectivity index is 1.26. The average molecular weight is 371 g/mol. The topological polar surface area (TPSA) is 51.9 Å². The number of ether oxygens (including phenoxy) is 2. The summed E-state index contributed by atoms with van der Waals surface area (Å²) in [5.41, 5.74) is 0. The summed E-state index contributed by atoms with van der Waals surface area (Å²) in [5, 5.41) is 3.25. The third kappa shape index (κ3) is 3.73. The molecule has 0 unspecified atom stereocenters. The first-order valence-electron chi connectivity index (χ1n) is 8.87. The Bertz CT molecular complexity index is 844. The molecule has 136 valence electrons. The zero-order valence-corrected chi connectivity index (χ0v) is 15.7. The van der Waals surface area contributed by atoms with Gasteiger partial charge >= 0.3 is 0 Å². The van der Waals surface area contributed by atoms with Crippen LogP contribution in [0.4, 0.5) is 5.82 Å². The first-order chi connectivity index (χ1) is 12.8. The minimum atomic E-state index is 0.726. The lowest BCUT2D eigenvalue weighted by atomic mass is 10.2. The molecule has 1 saturated heterocycles. The van der Waals surface area contributed by atoms with Gasteiger partial charge in [-0.05, 0) is 35.7 Å². The minimum absolute atomic E-state index is 0.726. The first-order valence-corrected chi connectivity index (χ1v) is 9.75. The molecule has 0 radical (unpaired) electrons. The van der Waals surface area contributed by atoms with Crippen molar-refractivity contribution in [3.05, 3.63) is 42.0 Å². The molecular formula is C19H23N4O2S+. The summed E-state index contributed by atoms with van der Waals surface area (Å²) in [7, 11) is 1.67. The van der Waals surface area contributed by atoms with Gasteiger partial charge in [-0.3, -0.25) is 0 Å².